The van der Waals surface area contributed by atoms with E-state index in [-0.39, 0.29) is 5.91 Å². The van der Waals surface area contributed by atoms with Gasteiger partial charge in [0.05, 0.1) is 11.4 Å². The fourth-order valence-electron chi connectivity index (χ4n) is 4.03. The maximum Gasteiger partial charge on any atom is 0.253 e. The van der Waals surface area contributed by atoms with Gasteiger partial charge < -0.3 is 9.80 Å². The van der Waals surface area contributed by atoms with Gasteiger partial charge in [-0.1, -0.05) is 0 Å². The molecular weight excluding hydrogens is 324 g/mol. The molecular formula is C21H26N4O. The van der Waals surface area contributed by atoms with Crippen LogP contribution in [0.3, 0.4) is 0 Å². The van der Waals surface area contributed by atoms with Crippen molar-refractivity contribution in [3.8, 4) is 0 Å². The third kappa shape index (κ3) is 3.57. The van der Waals surface area contributed by atoms with E-state index in [4.69, 9.17) is 0 Å². The van der Waals surface area contributed by atoms with Crippen molar-refractivity contribution in [1.82, 2.24) is 14.9 Å². The molecule has 0 saturated carbocycles. The lowest BCUT2D eigenvalue weighted by atomic mass is 9.93. The van der Waals surface area contributed by atoms with E-state index in [0.717, 1.165) is 56.0 Å². The first kappa shape index (κ1) is 17.0. The summed E-state index contributed by atoms with van der Waals surface area (Å²) in [7, 11) is 0. The molecule has 136 valence electrons. The number of aryl methyl sites for hydroxylation is 1. The van der Waals surface area contributed by atoms with Crippen LogP contribution < -0.4 is 4.90 Å². The summed E-state index contributed by atoms with van der Waals surface area (Å²) in [6.45, 7) is 5.80. The SMILES string of the molecule is Cc1cncc(C2CCN(C(=O)c3ccc(N4CCCC4)cc3)CC2)n1. The highest BCUT2D eigenvalue weighted by molar-refractivity contribution is 5.94. The van der Waals surface area contributed by atoms with Gasteiger partial charge in [0.2, 0.25) is 0 Å². The van der Waals surface area contributed by atoms with E-state index >= 15 is 0 Å². The Morgan fingerprint density at radius 3 is 2.35 bits per heavy atom. The number of hydrogen-bond acceptors (Lipinski definition) is 4. The van der Waals surface area contributed by atoms with E-state index in [1.54, 1.807) is 6.20 Å². The Kier molecular flexibility index (Phi) is 4.87. The lowest BCUT2D eigenvalue weighted by Crippen LogP contribution is -2.38. The molecule has 0 unspecified atom stereocenters. The van der Waals surface area contributed by atoms with E-state index in [1.807, 2.05) is 30.2 Å². The highest BCUT2D eigenvalue weighted by atomic mass is 16.2. The summed E-state index contributed by atoms with van der Waals surface area (Å²) < 4.78 is 0. The standard InChI is InChI=1S/C21H26N4O/c1-16-14-22-15-20(23-16)17-8-12-25(13-9-17)21(26)18-4-6-19(7-5-18)24-10-2-3-11-24/h4-7,14-15,17H,2-3,8-13H2,1H3. The third-order valence-corrected chi connectivity index (χ3v) is 5.56. The summed E-state index contributed by atoms with van der Waals surface area (Å²) in [6, 6.07) is 8.14. The minimum absolute atomic E-state index is 0.145. The van der Waals surface area contributed by atoms with Crippen molar-refractivity contribution in [2.24, 2.45) is 0 Å². The fourth-order valence-corrected chi connectivity index (χ4v) is 4.03. The van der Waals surface area contributed by atoms with Gasteiger partial charge in [-0.05, 0) is 56.9 Å². The average Bonchev–Trinajstić information content (AvgIpc) is 3.23. The molecule has 2 aromatic rings. The number of amides is 1. The molecule has 2 aliphatic rings. The van der Waals surface area contributed by atoms with Crippen molar-refractivity contribution in [1.29, 1.82) is 0 Å². The van der Waals surface area contributed by atoms with Crippen LogP contribution in [0.2, 0.25) is 0 Å². The number of benzene rings is 1. The van der Waals surface area contributed by atoms with E-state index in [0.29, 0.717) is 5.92 Å². The minimum Gasteiger partial charge on any atom is -0.372 e. The van der Waals surface area contributed by atoms with Gasteiger partial charge in [-0.3, -0.25) is 14.8 Å². The number of carbonyl (C=O) groups excluding carboxylic acids is 1. The van der Waals surface area contributed by atoms with E-state index in [9.17, 15) is 4.79 Å². The summed E-state index contributed by atoms with van der Waals surface area (Å²) >= 11 is 0. The number of anilines is 1. The van der Waals surface area contributed by atoms with E-state index in [2.05, 4.69) is 27.0 Å². The van der Waals surface area contributed by atoms with Crippen LogP contribution in [0.15, 0.2) is 36.7 Å². The predicted molar refractivity (Wildman–Crippen MR) is 103 cm³/mol. The Morgan fingerprint density at radius 2 is 1.69 bits per heavy atom. The van der Waals surface area contributed by atoms with Crippen molar-refractivity contribution in [2.75, 3.05) is 31.1 Å². The summed E-state index contributed by atoms with van der Waals surface area (Å²) in [5.74, 6) is 0.552. The Balaban J connectivity index is 1.37. The third-order valence-electron chi connectivity index (χ3n) is 5.56. The first-order valence-corrected chi connectivity index (χ1v) is 9.63. The maximum atomic E-state index is 12.8. The van der Waals surface area contributed by atoms with Gasteiger partial charge in [-0.2, -0.15) is 0 Å². The number of aromatic nitrogens is 2. The zero-order valence-corrected chi connectivity index (χ0v) is 15.4. The van der Waals surface area contributed by atoms with Crippen LogP contribution in [0.5, 0.6) is 0 Å². The molecule has 3 heterocycles. The molecule has 4 rings (SSSR count). The molecule has 0 bridgehead atoms. The van der Waals surface area contributed by atoms with Crippen LogP contribution in [0.1, 0.15) is 53.3 Å². The van der Waals surface area contributed by atoms with Crippen molar-refractivity contribution in [3.63, 3.8) is 0 Å². The monoisotopic (exact) mass is 350 g/mol. The lowest BCUT2D eigenvalue weighted by molar-refractivity contribution is 0.0712. The van der Waals surface area contributed by atoms with Crippen LogP contribution in [0.25, 0.3) is 0 Å². The largest absolute Gasteiger partial charge is 0.372 e. The van der Waals surface area contributed by atoms with Crippen LogP contribution in [-0.4, -0.2) is 47.0 Å². The number of hydrogen-bond donors (Lipinski definition) is 0. The van der Waals surface area contributed by atoms with Crippen LogP contribution >= 0.6 is 0 Å². The molecule has 5 heteroatoms. The summed E-state index contributed by atoms with van der Waals surface area (Å²) in [5.41, 5.74) is 4.05. The predicted octanol–water partition coefficient (Wildman–Crippen LogP) is 3.41. The van der Waals surface area contributed by atoms with Gasteiger partial charge in [0.15, 0.2) is 0 Å². The second-order valence-corrected chi connectivity index (χ2v) is 7.39. The highest BCUT2D eigenvalue weighted by Crippen LogP contribution is 2.27. The second kappa shape index (κ2) is 7.44. The molecule has 1 amide bonds. The van der Waals surface area contributed by atoms with Crippen molar-refractivity contribution in [2.45, 2.75) is 38.5 Å². The smallest absolute Gasteiger partial charge is 0.253 e. The van der Waals surface area contributed by atoms with Crippen molar-refractivity contribution in [3.05, 3.63) is 53.6 Å². The fraction of sp³-hybridized carbons (Fsp3) is 0.476. The van der Waals surface area contributed by atoms with Gasteiger partial charge in [-0.25, -0.2) is 0 Å². The molecule has 2 saturated heterocycles. The molecule has 5 nitrogen and oxygen atoms in total. The minimum atomic E-state index is 0.145. The van der Waals surface area contributed by atoms with Crippen molar-refractivity contribution < 1.29 is 4.79 Å². The Morgan fingerprint density at radius 1 is 1.00 bits per heavy atom. The van der Waals surface area contributed by atoms with Crippen LogP contribution in [0.4, 0.5) is 5.69 Å². The number of rotatable bonds is 3. The molecule has 2 fully saturated rings. The van der Waals surface area contributed by atoms with E-state index in [1.165, 1.54) is 18.5 Å². The summed E-state index contributed by atoms with van der Waals surface area (Å²) in [5, 5.41) is 0. The molecule has 0 aliphatic carbocycles. The first-order chi connectivity index (χ1) is 12.7. The van der Waals surface area contributed by atoms with E-state index < -0.39 is 0 Å². The summed E-state index contributed by atoms with van der Waals surface area (Å²) in [4.78, 5) is 26.0. The van der Waals surface area contributed by atoms with Gasteiger partial charge >= 0.3 is 0 Å². The topological polar surface area (TPSA) is 49.3 Å². The number of nitrogens with zero attached hydrogens (tertiary/aromatic N) is 4. The number of likely N-dealkylation sites (tertiary alicyclic amines) is 1. The van der Waals surface area contributed by atoms with Crippen molar-refractivity contribution >= 4 is 11.6 Å². The van der Waals surface area contributed by atoms with Crippen LogP contribution in [0, 0.1) is 6.92 Å². The molecule has 0 spiro atoms. The van der Waals surface area contributed by atoms with Gasteiger partial charge in [0.25, 0.3) is 5.91 Å². The second-order valence-electron chi connectivity index (χ2n) is 7.39. The normalized spacial score (nSPS) is 18.3. The average molecular weight is 350 g/mol. The van der Waals surface area contributed by atoms with Crippen LogP contribution in [-0.2, 0) is 0 Å². The molecule has 0 radical (unpaired) electrons. The summed E-state index contributed by atoms with van der Waals surface area (Å²) in [6.07, 6.45) is 8.09. The Labute approximate surface area is 155 Å². The van der Waals surface area contributed by atoms with Gasteiger partial charge in [-0.15, -0.1) is 0 Å². The zero-order valence-electron chi connectivity index (χ0n) is 15.4. The lowest BCUT2D eigenvalue weighted by Gasteiger charge is -2.32. The molecule has 0 N–H and O–H groups in total. The Bertz CT molecular complexity index is 760. The molecule has 1 aromatic heterocycles. The number of carbonyl (C=O) groups is 1. The Hall–Kier alpha value is -2.43. The molecule has 2 aliphatic heterocycles. The quantitative estimate of drug-likeness (QED) is 0.851. The van der Waals surface area contributed by atoms with Gasteiger partial charge in [0, 0.05) is 55.7 Å². The molecule has 1 aromatic carbocycles. The molecule has 0 atom stereocenters. The van der Waals surface area contributed by atoms with Gasteiger partial charge in [0.1, 0.15) is 0 Å². The first-order valence-electron chi connectivity index (χ1n) is 9.63. The number of piperidine rings is 1. The molecule has 26 heavy (non-hydrogen) atoms. The zero-order chi connectivity index (χ0) is 17.9. The highest BCUT2D eigenvalue weighted by Gasteiger charge is 2.25. The maximum absolute atomic E-state index is 12.8.